The molecule has 7 nitrogen and oxygen atoms in total. The standard InChI is InChI=1S/C18H14ClN3O4/c19-15-7-12(8-16-17(15)25-6-5-24-16)9-26-18(23)13-1-3-14(4-2-13)22-11-20-10-21-22/h1-4,7-8,10-11H,5-6,9H2. The van der Waals surface area contributed by atoms with Crippen molar-refractivity contribution in [1.82, 2.24) is 14.8 Å². The van der Waals surface area contributed by atoms with Gasteiger partial charge in [-0.15, -0.1) is 0 Å². The molecule has 0 atom stereocenters. The molecule has 0 N–H and O–H groups in total. The van der Waals surface area contributed by atoms with Gasteiger partial charge in [0.25, 0.3) is 0 Å². The summed E-state index contributed by atoms with van der Waals surface area (Å²) in [5.74, 6) is 0.657. The number of hydrogen-bond donors (Lipinski definition) is 0. The molecule has 132 valence electrons. The molecular formula is C18H14ClN3O4. The fourth-order valence-corrected chi connectivity index (χ4v) is 2.86. The van der Waals surface area contributed by atoms with Gasteiger partial charge < -0.3 is 14.2 Å². The zero-order valence-corrected chi connectivity index (χ0v) is 14.3. The van der Waals surface area contributed by atoms with Crippen LogP contribution in [0.4, 0.5) is 0 Å². The largest absolute Gasteiger partial charge is 0.486 e. The maximum absolute atomic E-state index is 12.2. The number of rotatable bonds is 4. The number of hydrogen-bond acceptors (Lipinski definition) is 6. The highest BCUT2D eigenvalue weighted by Gasteiger charge is 2.17. The van der Waals surface area contributed by atoms with Gasteiger partial charge in [-0.05, 0) is 42.0 Å². The van der Waals surface area contributed by atoms with Crippen molar-refractivity contribution < 1.29 is 19.0 Å². The molecule has 0 saturated heterocycles. The van der Waals surface area contributed by atoms with Crippen molar-refractivity contribution >= 4 is 17.6 Å². The maximum Gasteiger partial charge on any atom is 0.338 e. The van der Waals surface area contributed by atoms with Gasteiger partial charge in [0.1, 0.15) is 32.5 Å². The fourth-order valence-electron chi connectivity index (χ4n) is 2.57. The Hall–Kier alpha value is -3.06. The van der Waals surface area contributed by atoms with Gasteiger partial charge in [0.2, 0.25) is 0 Å². The van der Waals surface area contributed by atoms with Crippen molar-refractivity contribution in [3.63, 3.8) is 0 Å². The Kier molecular flexibility index (Phi) is 4.45. The van der Waals surface area contributed by atoms with Crippen LogP contribution in [0.5, 0.6) is 11.5 Å². The van der Waals surface area contributed by atoms with E-state index in [1.807, 2.05) is 0 Å². The normalized spacial score (nSPS) is 12.7. The van der Waals surface area contributed by atoms with Crippen LogP contribution < -0.4 is 9.47 Å². The Morgan fingerprint density at radius 2 is 2.00 bits per heavy atom. The van der Waals surface area contributed by atoms with Gasteiger partial charge >= 0.3 is 5.97 Å². The first-order valence-corrected chi connectivity index (χ1v) is 8.29. The Morgan fingerprint density at radius 3 is 2.77 bits per heavy atom. The molecule has 3 aromatic rings. The molecule has 0 amide bonds. The Bertz CT molecular complexity index is 926. The molecule has 0 spiro atoms. The summed E-state index contributed by atoms with van der Waals surface area (Å²) >= 11 is 6.19. The van der Waals surface area contributed by atoms with E-state index in [0.29, 0.717) is 35.3 Å². The molecule has 2 aromatic carbocycles. The molecular weight excluding hydrogens is 358 g/mol. The molecule has 0 bridgehead atoms. The first-order valence-electron chi connectivity index (χ1n) is 7.91. The molecule has 2 heterocycles. The molecule has 1 aliphatic heterocycles. The third kappa shape index (κ3) is 3.34. The lowest BCUT2D eigenvalue weighted by molar-refractivity contribution is 0.0472. The molecule has 26 heavy (non-hydrogen) atoms. The molecule has 8 heteroatoms. The highest BCUT2D eigenvalue weighted by atomic mass is 35.5. The minimum Gasteiger partial charge on any atom is -0.486 e. The van der Waals surface area contributed by atoms with E-state index in [2.05, 4.69) is 10.1 Å². The molecule has 0 unspecified atom stereocenters. The number of carbonyl (C=O) groups excluding carboxylic acids is 1. The average Bonchev–Trinajstić information content (AvgIpc) is 3.21. The van der Waals surface area contributed by atoms with Crippen LogP contribution in [-0.2, 0) is 11.3 Å². The third-order valence-electron chi connectivity index (χ3n) is 3.81. The van der Waals surface area contributed by atoms with Crippen molar-refractivity contribution in [2.24, 2.45) is 0 Å². The van der Waals surface area contributed by atoms with Crippen molar-refractivity contribution in [2.45, 2.75) is 6.61 Å². The predicted molar refractivity (Wildman–Crippen MR) is 92.9 cm³/mol. The van der Waals surface area contributed by atoms with Crippen molar-refractivity contribution in [1.29, 1.82) is 0 Å². The summed E-state index contributed by atoms with van der Waals surface area (Å²) in [5, 5.41) is 4.47. The fraction of sp³-hybridized carbons (Fsp3) is 0.167. The van der Waals surface area contributed by atoms with Gasteiger partial charge in [0.15, 0.2) is 11.5 Å². The maximum atomic E-state index is 12.2. The lowest BCUT2D eigenvalue weighted by atomic mass is 10.2. The lowest BCUT2D eigenvalue weighted by Gasteiger charge is -2.20. The molecule has 0 saturated carbocycles. The van der Waals surface area contributed by atoms with Gasteiger partial charge in [-0.2, -0.15) is 5.10 Å². The number of esters is 1. The number of aromatic nitrogens is 3. The molecule has 0 radical (unpaired) electrons. The van der Waals surface area contributed by atoms with Crippen LogP contribution >= 0.6 is 11.6 Å². The first-order chi connectivity index (χ1) is 12.7. The quantitative estimate of drug-likeness (QED) is 0.656. The zero-order valence-electron chi connectivity index (χ0n) is 13.6. The van der Waals surface area contributed by atoms with Crippen LogP contribution in [0.15, 0.2) is 49.1 Å². The van der Waals surface area contributed by atoms with E-state index >= 15 is 0 Å². The number of halogens is 1. The number of ether oxygens (including phenoxy) is 3. The highest BCUT2D eigenvalue weighted by molar-refractivity contribution is 6.32. The van der Waals surface area contributed by atoms with Crippen molar-refractivity contribution in [3.8, 4) is 17.2 Å². The minimum atomic E-state index is -0.429. The molecule has 4 rings (SSSR count). The minimum absolute atomic E-state index is 0.0834. The second kappa shape index (κ2) is 7.05. The van der Waals surface area contributed by atoms with Crippen LogP contribution in [0.1, 0.15) is 15.9 Å². The van der Waals surface area contributed by atoms with Crippen molar-refractivity contribution in [2.75, 3.05) is 13.2 Å². The molecule has 1 aromatic heterocycles. The van der Waals surface area contributed by atoms with E-state index < -0.39 is 5.97 Å². The van der Waals surface area contributed by atoms with Crippen LogP contribution in [-0.4, -0.2) is 33.9 Å². The van der Waals surface area contributed by atoms with Crippen LogP contribution in [0.25, 0.3) is 5.69 Å². The predicted octanol–water partition coefficient (Wildman–Crippen LogP) is 3.05. The van der Waals surface area contributed by atoms with E-state index in [-0.39, 0.29) is 6.61 Å². The van der Waals surface area contributed by atoms with Crippen molar-refractivity contribution in [3.05, 3.63) is 65.2 Å². The summed E-state index contributed by atoms with van der Waals surface area (Å²) in [6, 6.07) is 10.4. The summed E-state index contributed by atoms with van der Waals surface area (Å²) < 4.78 is 18.0. The van der Waals surface area contributed by atoms with E-state index in [0.717, 1.165) is 11.3 Å². The molecule has 0 fully saturated rings. The topological polar surface area (TPSA) is 75.5 Å². The van der Waals surface area contributed by atoms with E-state index in [9.17, 15) is 4.79 Å². The van der Waals surface area contributed by atoms with Gasteiger partial charge in [-0.3, -0.25) is 0 Å². The number of nitrogens with zero attached hydrogens (tertiary/aromatic N) is 3. The Morgan fingerprint density at radius 1 is 1.19 bits per heavy atom. The van der Waals surface area contributed by atoms with Crippen LogP contribution in [0.2, 0.25) is 5.02 Å². The number of carbonyl (C=O) groups is 1. The first kappa shape index (κ1) is 16.4. The molecule has 0 aliphatic carbocycles. The van der Waals surface area contributed by atoms with E-state index in [1.165, 1.54) is 6.33 Å². The number of benzene rings is 2. The third-order valence-corrected chi connectivity index (χ3v) is 4.09. The summed E-state index contributed by atoms with van der Waals surface area (Å²) in [4.78, 5) is 16.1. The summed E-state index contributed by atoms with van der Waals surface area (Å²) in [5.41, 5.74) is 1.97. The second-order valence-corrected chi connectivity index (χ2v) is 5.97. The Labute approximate surface area is 154 Å². The summed E-state index contributed by atoms with van der Waals surface area (Å²) in [6.07, 6.45) is 3.03. The van der Waals surface area contributed by atoms with Gasteiger partial charge in [-0.25, -0.2) is 14.5 Å². The summed E-state index contributed by atoms with van der Waals surface area (Å²) in [7, 11) is 0. The zero-order chi connectivity index (χ0) is 17.9. The van der Waals surface area contributed by atoms with Crippen LogP contribution in [0, 0.1) is 0 Å². The van der Waals surface area contributed by atoms with E-state index in [1.54, 1.807) is 47.4 Å². The Balaban J connectivity index is 1.43. The van der Waals surface area contributed by atoms with E-state index in [4.69, 9.17) is 25.8 Å². The average molecular weight is 372 g/mol. The second-order valence-electron chi connectivity index (χ2n) is 5.56. The monoisotopic (exact) mass is 371 g/mol. The smallest absolute Gasteiger partial charge is 0.338 e. The lowest BCUT2D eigenvalue weighted by Crippen LogP contribution is -2.16. The van der Waals surface area contributed by atoms with Gasteiger partial charge in [0.05, 0.1) is 16.3 Å². The van der Waals surface area contributed by atoms with Gasteiger partial charge in [0, 0.05) is 0 Å². The number of fused-ring (bicyclic) bond motifs is 1. The highest BCUT2D eigenvalue weighted by Crippen LogP contribution is 2.38. The van der Waals surface area contributed by atoms with Crippen LogP contribution in [0.3, 0.4) is 0 Å². The SMILES string of the molecule is O=C(OCc1cc(Cl)c2c(c1)OCCO2)c1ccc(-n2cncn2)cc1. The summed E-state index contributed by atoms with van der Waals surface area (Å²) in [6.45, 7) is 1.01. The van der Waals surface area contributed by atoms with Gasteiger partial charge in [-0.1, -0.05) is 11.6 Å². The molecule has 1 aliphatic rings.